The van der Waals surface area contributed by atoms with Gasteiger partial charge < -0.3 is 9.32 Å². The highest BCUT2D eigenvalue weighted by molar-refractivity contribution is 5.78. The molecule has 3 nitrogen and oxygen atoms in total. The third-order valence-corrected chi connectivity index (χ3v) is 3.52. The van der Waals surface area contributed by atoms with Crippen LogP contribution in [0.3, 0.4) is 0 Å². The fraction of sp³-hybridized carbons (Fsp3) is 0.688. The molecule has 108 valence electrons. The van der Waals surface area contributed by atoms with Crippen molar-refractivity contribution >= 4 is 5.91 Å². The molecule has 2 rings (SSSR count). The van der Waals surface area contributed by atoms with Crippen LogP contribution in [0.5, 0.6) is 0 Å². The van der Waals surface area contributed by atoms with Gasteiger partial charge in [0.05, 0.1) is 6.54 Å². The summed E-state index contributed by atoms with van der Waals surface area (Å²) in [5.74, 6) is 2.29. The Balaban J connectivity index is 0.000000861. The predicted octanol–water partition coefficient (Wildman–Crippen LogP) is 4.15. The van der Waals surface area contributed by atoms with Gasteiger partial charge in [-0.05, 0) is 31.9 Å². The van der Waals surface area contributed by atoms with Crippen LogP contribution in [0.4, 0.5) is 0 Å². The van der Waals surface area contributed by atoms with Gasteiger partial charge >= 0.3 is 0 Å². The third kappa shape index (κ3) is 4.73. The molecule has 1 saturated carbocycles. The van der Waals surface area contributed by atoms with Crippen LogP contribution in [0.25, 0.3) is 0 Å². The van der Waals surface area contributed by atoms with Crippen LogP contribution in [0.1, 0.15) is 57.5 Å². The fourth-order valence-electron chi connectivity index (χ4n) is 2.54. The minimum Gasteiger partial charge on any atom is -0.464 e. The van der Waals surface area contributed by atoms with Crippen molar-refractivity contribution in [1.82, 2.24) is 4.90 Å². The smallest absolute Gasteiger partial charge is 0.225 e. The number of nitrogens with zero attached hydrogens (tertiary/aromatic N) is 1. The lowest BCUT2D eigenvalue weighted by molar-refractivity contribution is -0.136. The molecule has 3 heteroatoms. The number of amides is 1. The Kier molecular flexibility index (Phi) is 6.68. The Labute approximate surface area is 117 Å². The van der Waals surface area contributed by atoms with Gasteiger partial charge in [-0.1, -0.05) is 33.1 Å². The van der Waals surface area contributed by atoms with Gasteiger partial charge in [0, 0.05) is 13.0 Å². The molecular weight excluding hydrogens is 238 g/mol. The zero-order valence-electron chi connectivity index (χ0n) is 12.7. The fourth-order valence-corrected chi connectivity index (χ4v) is 2.54. The van der Waals surface area contributed by atoms with E-state index in [4.69, 9.17) is 4.42 Å². The first-order chi connectivity index (χ1) is 9.16. The molecule has 1 aliphatic carbocycles. The molecule has 0 spiro atoms. The van der Waals surface area contributed by atoms with E-state index < -0.39 is 0 Å². The molecule has 19 heavy (non-hydrogen) atoms. The predicted molar refractivity (Wildman–Crippen MR) is 77.8 cm³/mol. The molecule has 1 aromatic heterocycles. The molecule has 0 aliphatic heterocycles. The van der Waals surface area contributed by atoms with Crippen molar-refractivity contribution in [1.29, 1.82) is 0 Å². The van der Waals surface area contributed by atoms with Gasteiger partial charge in [0.15, 0.2) is 0 Å². The Morgan fingerprint density at radius 1 is 1.26 bits per heavy atom. The van der Waals surface area contributed by atoms with E-state index in [1.54, 1.807) is 4.90 Å². The van der Waals surface area contributed by atoms with Crippen molar-refractivity contribution in [3.8, 4) is 0 Å². The van der Waals surface area contributed by atoms with Gasteiger partial charge in [0.2, 0.25) is 5.91 Å². The van der Waals surface area contributed by atoms with E-state index in [0.29, 0.717) is 6.54 Å². The Bertz CT molecular complexity index is 378. The monoisotopic (exact) mass is 265 g/mol. The molecule has 0 N–H and O–H groups in total. The number of aryl methyl sites for hydroxylation is 1. The number of furan rings is 1. The molecule has 1 aliphatic rings. The summed E-state index contributed by atoms with van der Waals surface area (Å²) >= 11 is 0. The van der Waals surface area contributed by atoms with Crippen molar-refractivity contribution in [2.75, 3.05) is 7.05 Å². The summed E-state index contributed by atoms with van der Waals surface area (Å²) in [6.07, 6.45) is 5.79. The van der Waals surface area contributed by atoms with Gasteiger partial charge in [-0.3, -0.25) is 4.79 Å². The second-order valence-electron chi connectivity index (χ2n) is 5.04. The molecule has 0 atom stereocenters. The van der Waals surface area contributed by atoms with Crippen LogP contribution in [0, 0.1) is 12.8 Å². The first-order valence-corrected chi connectivity index (χ1v) is 7.47. The topological polar surface area (TPSA) is 33.5 Å². The van der Waals surface area contributed by atoms with E-state index in [9.17, 15) is 4.79 Å². The van der Waals surface area contributed by atoms with E-state index >= 15 is 0 Å². The van der Waals surface area contributed by atoms with E-state index in [-0.39, 0.29) is 11.8 Å². The van der Waals surface area contributed by atoms with Crippen LogP contribution in [-0.2, 0) is 11.3 Å². The minimum absolute atomic E-state index is 0.241. The first-order valence-electron chi connectivity index (χ1n) is 7.47. The Morgan fingerprint density at radius 2 is 1.89 bits per heavy atom. The second-order valence-corrected chi connectivity index (χ2v) is 5.04. The lowest BCUT2D eigenvalue weighted by Gasteiger charge is -2.25. The normalized spacial score (nSPS) is 15.6. The summed E-state index contributed by atoms with van der Waals surface area (Å²) in [6, 6.07) is 3.88. The molecule has 0 unspecified atom stereocenters. The quantitative estimate of drug-likeness (QED) is 0.822. The van der Waals surface area contributed by atoms with Gasteiger partial charge in [-0.15, -0.1) is 0 Å². The summed E-state index contributed by atoms with van der Waals surface area (Å²) in [4.78, 5) is 14.0. The average Bonchev–Trinajstić information content (AvgIpc) is 2.86. The van der Waals surface area contributed by atoms with Crippen molar-refractivity contribution in [3.63, 3.8) is 0 Å². The van der Waals surface area contributed by atoms with Crippen LogP contribution in [-0.4, -0.2) is 17.9 Å². The Hall–Kier alpha value is -1.25. The lowest BCUT2D eigenvalue weighted by Crippen LogP contribution is -2.33. The number of hydrogen-bond donors (Lipinski definition) is 0. The molecule has 0 aromatic carbocycles. The molecule has 0 bridgehead atoms. The first kappa shape index (κ1) is 15.8. The lowest BCUT2D eigenvalue weighted by atomic mass is 9.88. The third-order valence-electron chi connectivity index (χ3n) is 3.52. The maximum absolute atomic E-state index is 12.2. The summed E-state index contributed by atoms with van der Waals surface area (Å²) in [5, 5.41) is 0. The van der Waals surface area contributed by atoms with Gasteiger partial charge in [0.1, 0.15) is 11.5 Å². The Morgan fingerprint density at radius 3 is 2.42 bits per heavy atom. The van der Waals surface area contributed by atoms with Crippen LogP contribution in [0.2, 0.25) is 0 Å². The van der Waals surface area contributed by atoms with Gasteiger partial charge in [-0.2, -0.15) is 0 Å². The molecule has 1 fully saturated rings. The molecule has 0 saturated heterocycles. The number of carbonyl (C=O) groups is 1. The van der Waals surface area contributed by atoms with E-state index in [1.165, 1.54) is 19.3 Å². The van der Waals surface area contributed by atoms with Crippen molar-refractivity contribution in [3.05, 3.63) is 23.7 Å². The van der Waals surface area contributed by atoms with Crippen LogP contribution >= 0.6 is 0 Å². The molecule has 1 aromatic rings. The number of carbonyl (C=O) groups excluding carboxylic acids is 1. The standard InChI is InChI=1S/C14H21NO2.C2H6/c1-11-8-9-13(17-11)10-15(2)14(16)12-6-4-3-5-7-12;1-2/h8-9,12H,3-7,10H2,1-2H3;1-2H3. The maximum Gasteiger partial charge on any atom is 0.225 e. The summed E-state index contributed by atoms with van der Waals surface area (Å²) in [6.45, 7) is 6.51. The van der Waals surface area contributed by atoms with Crippen LogP contribution < -0.4 is 0 Å². The number of hydrogen-bond acceptors (Lipinski definition) is 2. The van der Waals surface area contributed by atoms with Crippen LogP contribution in [0.15, 0.2) is 16.5 Å². The second kappa shape index (κ2) is 8.03. The highest BCUT2D eigenvalue weighted by atomic mass is 16.3. The van der Waals surface area contributed by atoms with E-state index in [0.717, 1.165) is 24.4 Å². The SMILES string of the molecule is CC.Cc1ccc(CN(C)C(=O)C2CCCCC2)o1. The van der Waals surface area contributed by atoms with Gasteiger partial charge in [-0.25, -0.2) is 0 Å². The zero-order valence-corrected chi connectivity index (χ0v) is 12.7. The van der Waals surface area contributed by atoms with E-state index in [2.05, 4.69) is 0 Å². The average molecular weight is 265 g/mol. The van der Waals surface area contributed by atoms with Gasteiger partial charge in [0.25, 0.3) is 0 Å². The maximum atomic E-state index is 12.2. The highest BCUT2D eigenvalue weighted by Gasteiger charge is 2.24. The molecule has 1 amide bonds. The zero-order chi connectivity index (χ0) is 14.3. The largest absolute Gasteiger partial charge is 0.464 e. The van der Waals surface area contributed by atoms with Crippen molar-refractivity contribution in [2.45, 2.75) is 59.4 Å². The summed E-state index contributed by atoms with van der Waals surface area (Å²) in [5.41, 5.74) is 0. The summed E-state index contributed by atoms with van der Waals surface area (Å²) in [7, 11) is 1.87. The van der Waals surface area contributed by atoms with Crippen molar-refractivity contribution < 1.29 is 9.21 Å². The molecule has 1 heterocycles. The molecular formula is C16H27NO2. The number of rotatable bonds is 3. The summed E-state index contributed by atoms with van der Waals surface area (Å²) < 4.78 is 5.50. The minimum atomic E-state index is 0.241. The van der Waals surface area contributed by atoms with E-state index in [1.807, 2.05) is 40.0 Å². The molecule has 0 radical (unpaired) electrons. The van der Waals surface area contributed by atoms with Crippen molar-refractivity contribution in [2.24, 2.45) is 5.92 Å². The highest BCUT2D eigenvalue weighted by Crippen LogP contribution is 2.25.